The third kappa shape index (κ3) is 3.41. The highest BCUT2D eigenvalue weighted by Gasteiger charge is 2.19. The molecule has 5 nitrogen and oxygen atoms in total. The molecule has 2 heterocycles. The Morgan fingerprint density at radius 2 is 2.09 bits per heavy atom. The van der Waals surface area contributed by atoms with Gasteiger partial charge in [-0.15, -0.1) is 0 Å². The number of rotatable bonds is 3. The summed E-state index contributed by atoms with van der Waals surface area (Å²) in [5, 5.41) is 5.16. The maximum Gasteiger partial charge on any atom is 0.319 e. The summed E-state index contributed by atoms with van der Waals surface area (Å²) in [6.45, 7) is 1.38. The number of nitrogens with zero attached hydrogens (tertiary/aromatic N) is 2. The predicted octanol–water partition coefficient (Wildman–Crippen LogP) is 2.55. The van der Waals surface area contributed by atoms with E-state index in [4.69, 9.17) is 0 Å². The second-order valence-electron chi connectivity index (χ2n) is 5.39. The SMILES string of the molecule is O=C(NCC1CCn2ccnc2C1)Nc1cc(F)cc(F)c1. The van der Waals surface area contributed by atoms with Crippen LogP contribution in [0.15, 0.2) is 30.6 Å². The van der Waals surface area contributed by atoms with Crippen LogP contribution in [0.3, 0.4) is 0 Å². The van der Waals surface area contributed by atoms with Crippen LogP contribution < -0.4 is 10.6 Å². The van der Waals surface area contributed by atoms with Crippen molar-refractivity contribution in [3.8, 4) is 0 Å². The van der Waals surface area contributed by atoms with Crippen molar-refractivity contribution in [2.24, 2.45) is 5.92 Å². The van der Waals surface area contributed by atoms with Crippen LogP contribution in [0.1, 0.15) is 12.2 Å². The lowest BCUT2D eigenvalue weighted by molar-refractivity contribution is 0.248. The summed E-state index contributed by atoms with van der Waals surface area (Å²) in [6, 6.07) is 2.42. The second-order valence-corrected chi connectivity index (χ2v) is 5.39. The van der Waals surface area contributed by atoms with E-state index in [0.717, 1.165) is 43.4 Å². The van der Waals surface area contributed by atoms with Gasteiger partial charge in [-0.25, -0.2) is 18.6 Å². The molecule has 0 aliphatic carbocycles. The summed E-state index contributed by atoms with van der Waals surface area (Å²) < 4.78 is 28.2. The van der Waals surface area contributed by atoms with Gasteiger partial charge >= 0.3 is 6.03 Å². The zero-order valence-electron chi connectivity index (χ0n) is 11.9. The van der Waals surface area contributed by atoms with Crippen LogP contribution in [-0.4, -0.2) is 22.1 Å². The van der Waals surface area contributed by atoms with Gasteiger partial charge in [0.25, 0.3) is 0 Å². The number of hydrogen-bond donors (Lipinski definition) is 2. The lowest BCUT2D eigenvalue weighted by Crippen LogP contribution is -2.35. The normalized spacial score (nSPS) is 16.9. The van der Waals surface area contributed by atoms with E-state index in [0.29, 0.717) is 12.5 Å². The Morgan fingerprint density at radius 1 is 1.32 bits per heavy atom. The van der Waals surface area contributed by atoms with Gasteiger partial charge in [0.2, 0.25) is 0 Å². The number of carbonyl (C=O) groups is 1. The van der Waals surface area contributed by atoms with Crippen LogP contribution in [0.5, 0.6) is 0 Å². The summed E-state index contributed by atoms with van der Waals surface area (Å²) >= 11 is 0. The number of hydrogen-bond acceptors (Lipinski definition) is 2. The summed E-state index contributed by atoms with van der Waals surface area (Å²) in [6.07, 6.45) is 5.49. The number of aromatic nitrogens is 2. The molecule has 0 saturated heterocycles. The minimum Gasteiger partial charge on any atom is -0.338 e. The minimum atomic E-state index is -0.727. The first-order valence-electron chi connectivity index (χ1n) is 7.11. The number of amides is 2. The number of fused-ring (bicyclic) bond motifs is 1. The maximum atomic E-state index is 13.0. The van der Waals surface area contributed by atoms with E-state index in [-0.39, 0.29) is 5.69 Å². The molecule has 7 heteroatoms. The van der Waals surface area contributed by atoms with Crippen LogP contribution in [0.25, 0.3) is 0 Å². The van der Waals surface area contributed by atoms with Crippen molar-refractivity contribution in [1.29, 1.82) is 0 Å². The molecule has 1 atom stereocenters. The minimum absolute atomic E-state index is 0.0918. The van der Waals surface area contributed by atoms with Gasteiger partial charge in [-0.1, -0.05) is 0 Å². The van der Waals surface area contributed by atoms with Crippen molar-refractivity contribution in [2.75, 3.05) is 11.9 Å². The third-order valence-corrected chi connectivity index (χ3v) is 3.72. The van der Waals surface area contributed by atoms with Gasteiger partial charge in [0.1, 0.15) is 17.5 Å². The number of benzene rings is 1. The lowest BCUT2D eigenvalue weighted by atomic mass is 9.98. The molecule has 3 rings (SSSR count). The molecule has 1 aliphatic rings. The molecular formula is C15H16F2N4O. The van der Waals surface area contributed by atoms with E-state index < -0.39 is 17.7 Å². The Bertz CT molecular complexity index is 666. The summed E-state index contributed by atoms with van der Waals surface area (Å²) in [4.78, 5) is 16.1. The molecule has 0 radical (unpaired) electrons. The molecule has 0 spiro atoms. The van der Waals surface area contributed by atoms with Gasteiger partial charge in [-0.3, -0.25) is 0 Å². The van der Waals surface area contributed by atoms with Crippen molar-refractivity contribution in [3.05, 3.63) is 48.1 Å². The molecule has 1 aliphatic heterocycles. The highest BCUT2D eigenvalue weighted by molar-refractivity contribution is 5.89. The van der Waals surface area contributed by atoms with Crippen molar-refractivity contribution >= 4 is 11.7 Å². The van der Waals surface area contributed by atoms with Crippen molar-refractivity contribution in [2.45, 2.75) is 19.4 Å². The van der Waals surface area contributed by atoms with E-state index in [1.807, 2.05) is 6.20 Å². The van der Waals surface area contributed by atoms with Crippen molar-refractivity contribution in [3.63, 3.8) is 0 Å². The Labute approximate surface area is 126 Å². The third-order valence-electron chi connectivity index (χ3n) is 3.72. The number of imidazole rings is 1. The van der Waals surface area contributed by atoms with Crippen LogP contribution >= 0.6 is 0 Å². The van der Waals surface area contributed by atoms with Gasteiger partial charge in [0.05, 0.1) is 0 Å². The number of carbonyl (C=O) groups excluding carboxylic acids is 1. The lowest BCUT2D eigenvalue weighted by Gasteiger charge is -2.23. The average Bonchev–Trinajstić information content (AvgIpc) is 2.91. The van der Waals surface area contributed by atoms with Crippen molar-refractivity contribution in [1.82, 2.24) is 14.9 Å². The monoisotopic (exact) mass is 306 g/mol. The molecule has 1 aromatic heterocycles. The molecule has 0 bridgehead atoms. The van der Waals surface area contributed by atoms with Crippen LogP contribution in [0.2, 0.25) is 0 Å². The maximum absolute atomic E-state index is 13.0. The molecule has 0 saturated carbocycles. The van der Waals surface area contributed by atoms with Gasteiger partial charge in [0, 0.05) is 43.7 Å². The number of anilines is 1. The number of urea groups is 1. The van der Waals surface area contributed by atoms with E-state index in [2.05, 4.69) is 20.2 Å². The Morgan fingerprint density at radius 3 is 2.86 bits per heavy atom. The molecule has 0 fully saturated rings. The molecular weight excluding hydrogens is 290 g/mol. The fraction of sp³-hybridized carbons (Fsp3) is 0.333. The largest absolute Gasteiger partial charge is 0.338 e. The molecule has 2 aromatic rings. The fourth-order valence-electron chi connectivity index (χ4n) is 2.63. The molecule has 1 aromatic carbocycles. The van der Waals surface area contributed by atoms with Gasteiger partial charge in [-0.2, -0.15) is 0 Å². The summed E-state index contributed by atoms with van der Waals surface area (Å²) in [5.74, 6) is -0.126. The summed E-state index contributed by atoms with van der Waals surface area (Å²) in [5.41, 5.74) is 0.0918. The Kier molecular flexibility index (Phi) is 4.04. The quantitative estimate of drug-likeness (QED) is 0.915. The predicted molar refractivity (Wildman–Crippen MR) is 77.4 cm³/mol. The fourth-order valence-corrected chi connectivity index (χ4v) is 2.63. The van der Waals surface area contributed by atoms with Crippen molar-refractivity contribution < 1.29 is 13.6 Å². The zero-order valence-corrected chi connectivity index (χ0v) is 11.9. The van der Waals surface area contributed by atoms with Crippen LogP contribution in [0.4, 0.5) is 19.3 Å². The van der Waals surface area contributed by atoms with Gasteiger partial charge in [-0.05, 0) is 24.5 Å². The Hall–Kier alpha value is -2.44. The molecule has 2 amide bonds. The second kappa shape index (κ2) is 6.13. The van der Waals surface area contributed by atoms with Gasteiger partial charge < -0.3 is 15.2 Å². The van der Waals surface area contributed by atoms with E-state index in [9.17, 15) is 13.6 Å². The van der Waals surface area contributed by atoms with E-state index in [1.165, 1.54) is 0 Å². The molecule has 2 N–H and O–H groups in total. The zero-order chi connectivity index (χ0) is 15.5. The topological polar surface area (TPSA) is 59.0 Å². The first-order chi connectivity index (χ1) is 10.6. The number of nitrogens with one attached hydrogen (secondary N) is 2. The van der Waals surface area contributed by atoms with E-state index in [1.54, 1.807) is 6.20 Å². The van der Waals surface area contributed by atoms with Crippen LogP contribution in [0, 0.1) is 17.6 Å². The first kappa shape index (κ1) is 14.5. The highest BCUT2D eigenvalue weighted by Crippen LogP contribution is 2.18. The number of aryl methyl sites for hydroxylation is 1. The smallest absolute Gasteiger partial charge is 0.319 e. The highest BCUT2D eigenvalue weighted by atomic mass is 19.1. The van der Waals surface area contributed by atoms with Crippen LogP contribution in [-0.2, 0) is 13.0 Å². The molecule has 22 heavy (non-hydrogen) atoms. The van der Waals surface area contributed by atoms with Gasteiger partial charge in [0.15, 0.2) is 0 Å². The standard InChI is InChI=1S/C15H16F2N4O/c16-11-6-12(17)8-13(7-11)20-15(22)19-9-10-1-3-21-4-2-18-14(21)5-10/h2,4,6-8,10H,1,3,5,9H2,(H2,19,20,22). The summed E-state index contributed by atoms with van der Waals surface area (Å²) in [7, 11) is 0. The number of halogens is 2. The Balaban J connectivity index is 1.50. The average molecular weight is 306 g/mol. The molecule has 1 unspecified atom stereocenters. The first-order valence-corrected chi connectivity index (χ1v) is 7.11. The molecule has 116 valence electrons. The van der Waals surface area contributed by atoms with E-state index >= 15 is 0 Å².